The first-order valence-corrected chi connectivity index (χ1v) is 8.15. The Labute approximate surface area is 157 Å². The number of aliphatic hydroxyl groups is 1. The highest BCUT2D eigenvalue weighted by Gasteiger charge is 2.18. The predicted molar refractivity (Wildman–Crippen MR) is 102 cm³/mol. The van der Waals surface area contributed by atoms with Gasteiger partial charge in [-0.1, -0.05) is 0 Å². The summed E-state index contributed by atoms with van der Waals surface area (Å²) in [5.41, 5.74) is 2.51. The molecule has 0 aliphatic rings. The zero-order valence-corrected chi connectivity index (χ0v) is 15.1. The fraction of sp³-hybridized carbons (Fsp3) is 0.250. The summed E-state index contributed by atoms with van der Waals surface area (Å²) in [5.74, 6) is 0.167. The number of aryl methyl sites for hydroxylation is 1. The van der Waals surface area contributed by atoms with Crippen LogP contribution in [-0.2, 0) is 20.6 Å². The first-order valence-electron chi connectivity index (χ1n) is 8.15. The Morgan fingerprint density at radius 2 is 1.93 bits per heavy atom. The minimum atomic E-state index is -0.536. The van der Waals surface area contributed by atoms with Gasteiger partial charge in [-0.25, -0.2) is 10.2 Å². The second kappa shape index (κ2) is 7.44. The van der Waals surface area contributed by atoms with Gasteiger partial charge < -0.3 is 9.67 Å². The number of hydrazone groups is 1. The van der Waals surface area contributed by atoms with Crippen LogP contribution < -0.4 is 16.7 Å². The number of nitro benzene ring substituents is 1. The SMILES string of the molecule is Cn1c(=O)c2c(nc(NN=Cc3ccc([N+](=O)[O-])cc3)n2CCO)n(C)c1=O. The minimum absolute atomic E-state index is 0.0355. The molecule has 0 aliphatic heterocycles. The van der Waals surface area contributed by atoms with Crippen molar-refractivity contribution in [2.75, 3.05) is 12.0 Å². The monoisotopic (exact) mass is 387 g/mol. The van der Waals surface area contributed by atoms with Gasteiger partial charge in [-0.3, -0.25) is 24.0 Å². The molecule has 0 spiro atoms. The molecular formula is C16H17N7O5. The Hall–Kier alpha value is -3.80. The van der Waals surface area contributed by atoms with Gasteiger partial charge in [0.2, 0.25) is 5.95 Å². The van der Waals surface area contributed by atoms with Gasteiger partial charge in [0.1, 0.15) is 0 Å². The Kier molecular flexibility index (Phi) is 5.04. The van der Waals surface area contributed by atoms with E-state index in [0.717, 1.165) is 4.57 Å². The van der Waals surface area contributed by atoms with Crippen molar-refractivity contribution in [1.82, 2.24) is 18.7 Å². The molecule has 3 aromatic rings. The van der Waals surface area contributed by atoms with Gasteiger partial charge in [-0.2, -0.15) is 10.1 Å². The number of aliphatic hydroxyl groups excluding tert-OH is 1. The molecule has 0 unspecified atom stereocenters. The number of anilines is 1. The summed E-state index contributed by atoms with van der Waals surface area (Å²) in [7, 11) is 2.85. The van der Waals surface area contributed by atoms with Crippen molar-refractivity contribution < 1.29 is 10.0 Å². The number of hydrogen-bond acceptors (Lipinski definition) is 8. The highest BCUT2D eigenvalue weighted by atomic mass is 16.6. The van der Waals surface area contributed by atoms with Gasteiger partial charge in [0.15, 0.2) is 11.2 Å². The Morgan fingerprint density at radius 1 is 1.25 bits per heavy atom. The largest absolute Gasteiger partial charge is 0.395 e. The third-order valence-electron chi connectivity index (χ3n) is 4.15. The summed E-state index contributed by atoms with van der Waals surface area (Å²) < 4.78 is 3.63. The number of imidazole rings is 1. The summed E-state index contributed by atoms with van der Waals surface area (Å²) in [6.07, 6.45) is 1.42. The van der Waals surface area contributed by atoms with E-state index < -0.39 is 16.2 Å². The van der Waals surface area contributed by atoms with Crippen LogP contribution in [0.5, 0.6) is 0 Å². The van der Waals surface area contributed by atoms with Crippen molar-refractivity contribution in [2.24, 2.45) is 19.2 Å². The third kappa shape index (κ3) is 3.27. The maximum Gasteiger partial charge on any atom is 0.332 e. The van der Waals surface area contributed by atoms with Gasteiger partial charge >= 0.3 is 5.69 Å². The zero-order valence-electron chi connectivity index (χ0n) is 15.1. The van der Waals surface area contributed by atoms with Crippen molar-refractivity contribution in [1.29, 1.82) is 0 Å². The zero-order chi connectivity index (χ0) is 20.4. The van der Waals surface area contributed by atoms with Crippen molar-refractivity contribution in [2.45, 2.75) is 6.54 Å². The average molecular weight is 387 g/mol. The van der Waals surface area contributed by atoms with Crippen LogP contribution in [0.2, 0.25) is 0 Å². The lowest BCUT2D eigenvalue weighted by Crippen LogP contribution is -2.37. The van der Waals surface area contributed by atoms with E-state index in [0.29, 0.717) is 5.56 Å². The lowest BCUT2D eigenvalue weighted by atomic mass is 10.2. The molecule has 0 fully saturated rings. The second-order valence-electron chi connectivity index (χ2n) is 5.91. The molecule has 0 bridgehead atoms. The van der Waals surface area contributed by atoms with Gasteiger partial charge in [0.25, 0.3) is 11.2 Å². The van der Waals surface area contributed by atoms with Crippen molar-refractivity contribution in [3.8, 4) is 0 Å². The Bertz CT molecular complexity index is 1190. The molecule has 2 heterocycles. The number of nitrogens with zero attached hydrogens (tertiary/aromatic N) is 6. The van der Waals surface area contributed by atoms with Gasteiger partial charge in [-0.15, -0.1) is 0 Å². The number of aromatic nitrogens is 4. The highest BCUT2D eigenvalue weighted by molar-refractivity contribution is 5.81. The van der Waals surface area contributed by atoms with Crippen LogP contribution in [0.4, 0.5) is 11.6 Å². The number of nitrogens with one attached hydrogen (secondary N) is 1. The maximum atomic E-state index is 12.5. The van der Waals surface area contributed by atoms with Gasteiger partial charge in [0, 0.05) is 32.8 Å². The topological polar surface area (TPSA) is 150 Å². The molecule has 0 atom stereocenters. The molecule has 28 heavy (non-hydrogen) atoms. The Morgan fingerprint density at radius 3 is 2.54 bits per heavy atom. The van der Waals surface area contributed by atoms with E-state index in [4.69, 9.17) is 0 Å². The normalized spacial score (nSPS) is 11.4. The number of non-ortho nitro benzene ring substituents is 1. The molecule has 0 radical (unpaired) electrons. The van der Waals surface area contributed by atoms with E-state index in [9.17, 15) is 24.8 Å². The number of nitro groups is 1. The first kappa shape index (κ1) is 19.0. The second-order valence-corrected chi connectivity index (χ2v) is 5.91. The summed E-state index contributed by atoms with van der Waals surface area (Å²) in [6.45, 7) is -0.183. The van der Waals surface area contributed by atoms with Crippen LogP contribution in [0.1, 0.15) is 5.56 Å². The van der Waals surface area contributed by atoms with Crippen molar-refractivity contribution in [3.63, 3.8) is 0 Å². The predicted octanol–water partition coefficient (Wildman–Crippen LogP) is -0.220. The lowest BCUT2D eigenvalue weighted by molar-refractivity contribution is -0.384. The first-order chi connectivity index (χ1) is 13.3. The standard InChI is InChI=1S/C16H17N7O5/c1-20-13-12(14(25)21(2)16(20)26)22(7-8-24)15(18-13)19-17-9-10-3-5-11(6-4-10)23(27)28/h3-6,9,24H,7-8H2,1-2H3,(H,18,19). The molecule has 0 aliphatic carbocycles. The average Bonchev–Trinajstić information content (AvgIpc) is 3.04. The minimum Gasteiger partial charge on any atom is -0.395 e. The molecule has 146 valence electrons. The number of rotatable bonds is 6. The molecule has 3 rings (SSSR count). The third-order valence-corrected chi connectivity index (χ3v) is 4.15. The van der Waals surface area contributed by atoms with E-state index in [2.05, 4.69) is 15.5 Å². The van der Waals surface area contributed by atoms with Crippen LogP contribution in [0.15, 0.2) is 39.0 Å². The van der Waals surface area contributed by atoms with Crippen LogP contribution in [-0.4, -0.2) is 41.5 Å². The fourth-order valence-electron chi connectivity index (χ4n) is 2.70. The summed E-state index contributed by atoms with van der Waals surface area (Å²) in [4.78, 5) is 39.0. The van der Waals surface area contributed by atoms with E-state index in [1.807, 2.05) is 0 Å². The maximum absolute atomic E-state index is 12.5. The molecule has 0 saturated carbocycles. The molecule has 12 nitrogen and oxygen atoms in total. The molecule has 1 aromatic carbocycles. The van der Waals surface area contributed by atoms with Crippen molar-refractivity contribution in [3.05, 3.63) is 60.8 Å². The molecule has 0 amide bonds. The number of hydrogen-bond donors (Lipinski definition) is 2. The molecule has 12 heteroatoms. The van der Waals surface area contributed by atoms with Gasteiger partial charge in [-0.05, 0) is 17.7 Å². The number of benzene rings is 1. The smallest absolute Gasteiger partial charge is 0.332 e. The molecular weight excluding hydrogens is 370 g/mol. The fourth-order valence-corrected chi connectivity index (χ4v) is 2.70. The van der Waals surface area contributed by atoms with Crippen LogP contribution in [0.3, 0.4) is 0 Å². The van der Waals surface area contributed by atoms with Crippen LogP contribution in [0, 0.1) is 10.1 Å². The van der Waals surface area contributed by atoms with E-state index in [-0.39, 0.29) is 36.0 Å². The Balaban J connectivity index is 1.98. The van der Waals surface area contributed by atoms with Crippen LogP contribution in [0.25, 0.3) is 11.2 Å². The van der Waals surface area contributed by atoms with E-state index in [1.165, 1.54) is 53.7 Å². The summed E-state index contributed by atoms with van der Waals surface area (Å²) >= 11 is 0. The summed E-state index contributed by atoms with van der Waals surface area (Å²) in [6, 6.07) is 5.75. The summed E-state index contributed by atoms with van der Waals surface area (Å²) in [5, 5.41) is 24.0. The number of fused-ring (bicyclic) bond motifs is 1. The molecule has 0 saturated heterocycles. The quantitative estimate of drug-likeness (QED) is 0.337. The molecule has 2 aromatic heterocycles. The van der Waals surface area contributed by atoms with E-state index >= 15 is 0 Å². The van der Waals surface area contributed by atoms with Crippen molar-refractivity contribution >= 4 is 29.0 Å². The van der Waals surface area contributed by atoms with E-state index in [1.54, 1.807) is 0 Å². The molecule has 2 N–H and O–H groups in total. The van der Waals surface area contributed by atoms with Gasteiger partial charge in [0.05, 0.1) is 17.7 Å². The lowest BCUT2D eigenvalue weighted by Gasteiger charge is -2.07. The van der Waals surface area contributed by atoms with Crippen LogP contribution >= 0.6 is 0 Å². The highest BCUT2D eigenvalue weighted by Crippen LogP contribution is 2.15.